The van der Waals surface area contributed by atoms with Crippen molar-refractivity contribution in [1.82, 2.24) is 9.80 Å². The first-order valence-electron chi connectivity index (χ1n) is 10.5. The molecule has 6 nitrogen and oxygen atoms in total. The Morgan fingerprint density at radius 3 is 2.10 bits per heavy atom. The lowest BCUT2D eigenvalue weighted by Crippen LogP contribution is -2.50. The van der Waals surface area contributed by atoms with Crippen molar-refractivity contribution in [3.63, 3.8) is 0 Å². The Morgan fingerprint density at radius 1 is 0.862 bits per heavy atom. The van der Waals surface area contributed by atoms with Crippen LogP contribution in [0, 0.1) is 5.92 Å². The molecule has 0 aromatic heterocycles. The molecule has 0 radical (unpaired) electrons. The Balaban J connectivity index is 1.44. The van der Waals surface area contributed by atoms with E-state index in [1.807, 2.05) is 34.1 Å². The van der Waals surface area contributed by atoms with E-state index in [2.05, 4.69) is 13.8 Å². The van der Waals surface area contributed by atoms with Crippen LogP contribution in [0.25, 0.3) is 0 Å². The fourth-order valence-corrected chi connectivity index (χ4v) is 4.71. The highest BCUT2D eigenvalue weighted by molar-refractivity contribution is 7.99. The number of carbonyl (C=O) groups excluding carboxylic acids is 3. The number of piperazine rings is 1. The molecule has 2 heterocycles. The molecule has 0 atom stereocenters. The van der Waals surface area contributed by atoms with Crippen molar-refractivity contribution >= 4 is 35.2 Å². The number of amides is 3. The highest BCUT2D eigenvalue weighted by Crippen LogP contribution is 2.34. The van der Waals surface area contributed by atoms with E-state index in [0.717, 1.165) is 22.8 Å². The number of hydrogen-bond acceptors (Lipinski definition) is 4. The van der Waals surface area contributed by atoms with Gasteiger partial charge in [0.1, 0.15) is 0 Å². The third-order valence-corrected chi connectivity index (χ3v) is 6.55. The molecule has 0 unspecified atom stereocenters. The first kappa shape index (κ1) is 21.7. The third kappa shape index (κ3) is 5.75. The average Bonchev–Trinajstić information content (AvgIpc) is 2.75. The maximum absolute atomic E-state index is 12.7. The van der Waals surface area contributed by atoms with Crippen molar-refractivity contribution in [3.8, 4) is 0 Å². The van der Waals surface area contributed by atoms with E-state index in [1.165, 1.54) is 0 Å². The number of benzene rings is 1. The van der Waals surface area contributed by atoms with Gasteiger partial charge in [0.15, 0.2) is 0 Å². The molecule has 29 heavy (non-hydrogen) atoms. The normalized spacial score (nSPS) is 16.7. The lowest BCUT2D eigenvalue weighted by molar-refractivity contribution is -0.140. The van der Waals surface area contributed by atoms with E-state index in [-0.39, 0.29) is 30.6 Å². The van der Waals surface area contributed by atoms with Crippen LogP contribution < -0.4 is 4.90 Å². The highest BCUT2D eigenvalue weighted by Gasteiger charge is 2.26. The summed E-state index contributed by atoms with van der Waals surface area (Å²) in [6, 6.07) is 7.93. The number of hydrogen-bond donors (Lipinski definition) is 0. The average molecular weight is 418 g/mol. The van der Waals surface area contributed by atoms with Gasteiger partial charge >= 0.3 is 0 Å². The summed E-state index contributed by atoms with van der Waals surface area (Å²) in [5.41, 5.74) is 0.953. The first-order chi connectivity index (χ1) is 14.0. The molecule has 3 rings (SSSR count). The Hall–Kier alpha value is -2.02. The van der Waals surface area contributed by atoms with Crippen LogP contribution >= 0.6 is 11.8 Å². The minimum atomic E-state index is 0.00676. The zero-order valence-corrected chi connectivity index (χ0v) is 18.2. The third-order valence-electron chi connectivity index (χ3n) is 5.50. The zero-order chi connectivity index (χ0) is 20.8. The van der Waals surface area contributed by atoms with Crippen LogP contribution in [0.3, 0.4) is 0 Å². The number of fused-ring (bicyclic) bond motifs is 1. The number of para-hydroxylation sites is 1. The predicted molar refractivity (Wildman–Crippen MR) is 116 cm³/mol. The van der Waals surface area contributed by atoms with Gasteiger partial charge in [0, 0.05) is 62.6 Å². The van der Waals surface area contributed by atoms with Crippen molar-refractivity contribution in [2.75, 3.05) is 43.4 Å². The minimum absolute atomic E-state index is 0.00676. The molecule has 1 aromatic carbocycles. The molecule has 2 aliphatic heterocycles. The highest BCUT2D eigenvalue weighted by atomic mass is 32.2. The SMILES string of the molecule is CC(C)CCC(=O)N1CCN(C(=O)CCC(=O)N2CCSc3ccccc32)CC1. The van der Waals surface area contributed by atoms with E-state index in [0.29, 0.717) is 45.1 Å². The summed E-state index contributed by atoms with van der Waals surface area (Å²) in [6.45, 7) is 7.22. The van der Waals surface area contributed by atoms with Crippen molar-refractivity contribution in [1.29, 1.82) is 0 Å². The molecule has 0 spiro atoms. The lowest BCUT2D eigenvalue weighted by Gasteiger charge is -2.35. The quantitative estimate of drug-likeness (QED) is 0.714. The van der Waals surface area contributed by atoms with Crippen LogP contribution in [0.4, 0.5) is 5.69 Å². The second-order valence-corrected chi connectivity index (χ2v) is 9.19. The van der Waals surface area contributed by atoms with Gasteiger partial charge in [0.2, 0.25) is 17.7 Å². The second kappa shape index (κ2) is 10.1. The second-order valence-electron chi connectivity index (χ2n) is 8.06. The van der Waals surface area contributed by atoms with Gasteiger partial charge in [0.05, 0.1) is 5.69 Å². The Bertz CT molecular complexity index is 745. The molecule has 0 aliphatic carbocycles. The van der Waals surface area contributed by atoms with Crippen LogP contribution in [-0.4, -0.2) is 66.0 Å². The summed E-state index contributed by atoms with van der Waals surface area (Å²) < 4.78 is 0. The zero-order valence-electron chi connectivity index (χ0n) is 17.4. The molecular formula is C22H31N3O3S. The van der Waals surface area contributed by atoms with E-state index in [4.69, 9.17) is 0 Å². The number of rotatable bonds is 6. The Morgan fingerprint density at radius 2 is 1.45 bits per heavy atom. The van der Waals surface area contributed by atoms with Crippen molar-refractivity contribution < 1.29 is 14.4 Å². The van der Waals surface area contributed by atoms with Crippen molar-refractivity contribution in [2.45, 2.75) is 44.4 Å². The van der Waals surface area contributed by atoms with Gasteiger partial charge in [-0.1, -0.05) is 26.0 Å². The molecule has 1 saturated heterocycles. The van der Waals surface area contributed by atoms with Gasteiger partial charge in [-0.2, -0.15) is 0 Å². The number of thioether (sulfide) groups is 1. The fourth-order valence-electron chi connectivity index (χ4n) is 3.71. The lowest BCUT2D eigenvalue weighted by atomic mass is 10.1. The monoisotopic (exact) mass is 417 g/mol. The van der Waals surface area contributed by atoms with Crippen LogP contribution in [0.1, 0.15) is 39.5 Å². The number of nitrogens with zero attached hydrogens (tertiary/aromatic N) is 3. The summed E-state index contributed by atoms with van der Waals surface area (Å²) in [5, 5.41) is 0. The van der Waals surface area contributed by atoms with Crippen LogP contribution in [0.2, 0.25) is 0 Å². The van der Waals surface area contributed by atoms with Crippen molar-refractivity contribution in [2.24, 2.45) is 5.92 Å². The van der Waals surface area contributed by atoms with Crippen LogP contribution in [-0.2, 0) is 14.4 Å². The van der Waals surface area contributed by atoms with E-state index < -0.39 is 0 Å². The maximum Gasteiger partial charge on any atom is 0.227 e. The molecular weight excluding hydrogens is 386 g/mol. The molecule has 7 heteroatoms. The molecule has 158 valence electrons. The molecule has 0 N–H and O–H groups in total. The topological polar surface area (TPSA) is 60.9 Å². The van der Waals surface area contributed by atoms with E-state index >= 15 is 0 Å². The molecule has 2 aliphatic rings. The van der Waals surface area contributed by atoms with Gasteiger partial charge in [-0.25, -0.2) is 0 Å². The van der Waals surface area contributed by atoms with Crippen LogP contribution in [0.5, 0.6) is 0 Å². The fraction of sp³-hybridized carbons (Fsp3) is 0.591. The summed E-state index contributed by atoms with van der Waals surface area (Å²) in [7, 11) is 0. The minimum Gasteiger partial charge on any atom is -0.339 e. The first-order valence-corrected chi connectivity index (χ1v) is 11.5. The largest absolute Gasteiger partial charge is 0.339 e. The predicted octanol–water partition coefficient (Wildman–Crippen LogP) is 3.01. The Kier molecular flexibility index (Phi) is 7.58. The van der Waals surface area contributed by atoms with Crippen molar-refractivity contribution in [3.05, 3.63) is 24.3 Å². The van der Waals surface area contributed by atoms with Gasteiger partial charge in [0.25, 0.3) is 0 Å². The molecule has 0 saturated carbocycles. The summed E-state index contributed by atoms with van der Waals surface area (Å²) in [4.78, 5) is 44.1. The van der Waals surface area contributed by atoms with E-state index in [9.17, 15) is 14.4 Å². The van der Waals surface area contributed by atoms with Gasteiger partial charge in [-0.15, -0.1) is 11.8 Å². The van der Waals surface area contributed by atoms with E-state index in [1.54, 1.807) is 16.7 Å². The molecule has 3 amide bonds. The van der Waals surface area contributed by atoms with Gasteiger partial charge < -0.3 is 14.7 Å². The summed E-state index contributed by atoms with van der Waals surface area (Å²) >= 11 is 1.76. The summed E-state index contributed by atoms with van der Waals surface area (Å²) in [5.74, 6) is 1.59. The summed E-state index contributed by atoms with van der Waals surface area (Å²) in [6.07, 6.45) is 1.94. The standard InChI is InChI=1S/C22H31N3O3S/c1-17(2)7-8-20(26)23-11-13-24(14-12-23)21(27)9-10-22(28)25-15-16-29-19-6-4-3-5-18(19)25/h3-6,17H,7-16H2,1-2H3. The molecule has 1 fully saturated rings. The van der Waals surface area contributed by atoms with Gasteiger partial charge in [-0.05, 0) is 24.5 Å². The smallest absolute Gasteiger partial charge is 0.227 e. The van der Waals surface area contributed by atoms with Crippen LogP contribution in [0.15, 0.2) is 29.2 Å². The Labute approximate surface area is 177 Å². The number of carbonyl (C=O) groups is 3. The number of anilines is 1. The maximum atomic E-state index is 12.7. The molecule has 0 bridgehead atoms. The van der Waals surface area contributed by atoms with Gasteiger partial charge in [-0.3, -0.25) is 14.4 Å². The molecule has 1 aromatic rings.